The summed E-state index contributed by atoms with van der Waals surface area (Å²) >= 11 is 3.50. The summed E-state index contributed by atoms with van der Waals surface area (Å²) in [6.45, 7) is 0. The van der Waals surface area contributed by atoms with Crippen LogP contribution in [-0.4, -0.2) is 6.29 Å². The minimum Gasteiger partial charge on any atom is -0.311 e. The Hall–Kier alpha value is -3.17. The van der Waals surface area contributed by atoms with Gasteiger partial charge in [0.1, 0.15) is 6.29 Å². The number of nitrogens with zero attached hydrogens (tertiary/aromatic N) is 1. The Bertz CT molecular complexity index is 1060. The number of benzene rings is 4. The normalized spacial score (nSPS) is 10.5. The molecule has 2 nitrogen and oxygen atoms in total. The first-order valence-electron chi connectivity index (χ1n) is 9.01. The maximum absolute atomic E-state index is 11.0. The molecule has 0 aromatic heterocycles. The topological polar surface area (TPSA) is 20.3 Å². The van der Waals surface area contributed by atoms with Gasteiger partial charge in [0.2, 0.25) is 0 Å². The van der Waals surface area contributed by atoms with Crippen molar-refractivity contribution in [2.75, 3.05) is 4.90 Å². The quantitative estimate of drug-likeness (QED) is 0.309. The molecule has 0 aliphatic rings. The molecule has 136 valence electrons. The van der Waals surface area contributed by atoms with Gasteiger partial charge in [-0.1, -0.05) is 58.4 Å². The minimum atomic E-state index is 0.666. The molecule has 0 bridgehead atoms. The van der Waals surface area contributed by atoms with E-state index in [4.69, 9.17) is 0 Å². The van der Waals surface area contributed by atoms with E-state index in [-0.39, 0.29) is 0 Å². The third-order valence-corrected chi connectivity index (χ3v) is 5.13. The zero-order chi connectivity index (χ0) is 19.3. The summed E-state index contributed by atoms with van der Waals surface area (Å²) in [7, 11) is 0. The van der Waals surface area contributed by atoms with E-state index in [2.05, 4.69) is 69.4 Å². The summed E-state index contributed by atoms with van der Waals surface area (Å²) in [6.07, 6.45) is 0.863. The summed E-state index contributed by atoms with van der Waals surface area (Å²) in [4.78, 5) is 13.2. The second-order valence-corrected chi connectivity index (χ2v) is 7.35. The lowest BCUT2D eigenvalue weighted by atomic mass is 10.0. The largest absolute Gasteiger partial charge is 0.311 e. The van der Waals surface area contributed by atoms with Crippen molar-refractivity contribution in [2.45, 2.75) is 0 Å². The Balaban J connectivity index is 1.76. The highest BCUT2D eigenvalue weighted by Gasteiger charge is 2.12. The zero-order valence-electron chi connectivity index (χ0n) is 15.1. The van der Waals surface area contributed by atoms with Gasteiger partial charge >= 0.3 is 0 Å². The fourth-order valence-electron chi connectivity index (χ4n) is 3.17. The van der Waals surface area contributed by atoms with Crippen molar-refractivity contribution >= 4 is 39.3 Å². The van der Waals surface area contributed by atoms with Crippen molar-refractivity contribution < 1.29 is 4.79 Å². The zero-order valence-corrected chi connectivity index (χ0v) is 16.7. The molecule has 0 saturated heterocycles. The molecule has 4 aromatic carbocycles. The summed E-state index contributed by atoms with van der Waals surface area (Å²) in [6, 6.07) is 34.7. The second kappa shape index (κ2) is 8.24. The number of rotatable bonds is 5. The van der Waals surface area contributed by atoms with Crippen LogP contribution in [0.5, 0.6) is 0 Å². The molecule has 3 heteroatoms. The lowest BCUT2D eigenvalue weighted by Crippen LogP contribution is -2.09. The molecule has 0 aliphatic carbocycles. The molecule has 0 fully saturated rings. The third kappa shape index (κ3) is 3.90. The standard InChI is InChI=1S/C25H18BrNO/c26-22-10-16-25(17-11-22)27(23-12-6-19(18-28)7-13-23)24-14-8-21(9-15-24)20-4-2-1-3-5-20/h1-18H. The van der Waals surface area contributed by atoms with Crippen LogP contribution < -0.4 is 4.90 Å². The predicted octanol–water partition coefficient (Wildman–Crippen LogP) is 7.40. The van der Waals surface area contributed by atoms with Crippen molar-refractivity contribution in [3.63, 3.8) is 0 Å². The summed E-state index contributed by atoms with van der Waals surface area (Å²) < 4.78 is 1.03. The Kier molecular flexibility index (Phi) is 5.36. The highest BCUT2D eigenvalue weighted by molar-refractivity contribution is 9.10. The fourth-order valence-corrected chi connectivity index (χ4v) is 3.44. The number of carbonyl (C=O) groups is 1. The second-order valence-electron chi connectivity index (χ2n) is 6.43. The Morgan fingerprint density at radius 3 is 1.57 bits per heavy atom. The summed E-state index contributed by atoms with van der Waals surface area (Å²) in [5.74, 6) is 0. The van der Waals surface area contributed by atoms with Crippen molar-refractivity contribution in [1.82, 2.24) is 0 Å². The van der Waals surface area contributed by atoms with Gasteiger partial charge in [-0.15, -0.1) is 0 Å². The molecular weight excluding hydrogens is 410 g/mol. The average molecular weight is 428 g/mol. The number of carbonyl (C=O) groups excluding carboxylic acids is 1. The van der Waals surface area contributed by atoms with Crippen LogP contribution in [0, 0.1) is 0 Å². The molecule has 0 radical (unpaired) electrons. The van der Waals surface area contributed by atoms with Crippen molar-refractivity contribution in [2.24, 2.45) is 0 Å². The smallest absolute Gasteiger partial charge is 0.150 e. The van der Waals surface area contributed by atoms with Crippen LogP contribution in [0.2, 0.25) is 0 Å². The molecular formula is C25H18BrNO. The van der Waals surface area contributed by atoms with Crippen molar-refractivity contribution in [3.8, 4) is 11.1 Å². The first kappa shape index (κ1) is 18.2. The number of halogens is 1. The first-order valence-corrected chi connectivity index (χ1v) is 9.80. The SMILES string of the molecule is O=Cc1ccc(N(c2ccc(Br)cc2)c2ccc(-c3ccccc3)cc2)cc1. The van der Waals surface area contributed by atoms with Gasteiger partial charge in [0.05, 0.1) is 0 Å². The van der Waals surface area contributed by atoms with Gasteiger partial charge in [-0.25, -0.2) is 0 Å². The number of hydrogen-bond acceptors (Lipinski definition) is 2. The minimum absolute atomic E-state index is 0.666. The molecule has 0 N–H and O–H groups in total. The summed E-state index contributed by atoms with van der Waals surface area (Å²) in [5, 5.41) is 0. The average Bonchev–Trinajstić information content (AvgIpc) is 2.77. The van der Waals surface area contributed by atoms with Crippen LogP contribution in [0.15, 0.2) is 108 Å². The van der Waals surface area contributed by atoms with Crippen LogP contribution >= 0.6 is 15.9 Å². The van der Waals surface area contributed by atoms with E-state index in [1.165, 1.54) is 11.1 Å². The maximum atomic E-state index is 11.0. The molecule has 0 amide bonds. The van der Waals surface area contributed by atoms with Gasteiger partial charge in [-0.05, 0) is 71.8 Å². The van der Waals surface area contributed by atoms with Crippen LogP contribution in [0.25, 0.3) is 11.1 Å². The van der Waals surface area contributed by atoms with Gasteiger partial charge < -0.3 is 4.90 Å². The van der Waals surface area contributed by atoms with Crippen LogP contribution in [0.4, 0.5) is 17.1 Å². The molecule has 0 atom stereocenters. The third-order valence-electron chi connectivity index (χ3n) is 4.60. The Morgan fingerprint density at radius 2 is 1.04 bits per heavy atom. The molecule has 4 rings (SSSR count). The highest BCUT2D eigenvalue weighted by atomic mass is 79.9. The van der Waals surface area contributed by atoms with E-state index >= 15 is 0 Å². The molecule has 4 aromatic rings. The molecule has 0 aliphatic heterocycles. The summed E-state index contributed by atoms with van der Waals surface area (Å²) in [5.41, 5.74) is 6.14. The van der Waals surface area contributed by atoms with E-state index in [0.29, 0.717) is 5.56 Å². The van der Waals surface area contributed by atoms with E-state index < -0.39 is 0 Å². The van der Waals surface area contributed by atoms with Crippen LogP contribution in [0.3, 0.4) is 0 Å². The first-order chi connectivity index (χ1) is 13.7. The monoisotopic (exact) mass is 427 g/mol. The predicted molar refractivity (Wildman–Crippen MR) is 120 cm³/mol. The van der Waals surface area contributed by atoms with Gasteiger partial charge in [-0.2, -0.15) is 0 Å². The van der Waals surface area contributed by atoms with Gasteiger partial charge in [0.25, 0.3) is 0 Å². The molecule has 28 heavy (non-hydrogen) atoms. The van der Waals surface area contributed by atoms with E-state index in [0.717, 1.165) is 27.8 Å². The van der Waals surface area contributed by atoms with E-state index in [1.54, 1.807) is 0 Å². The highest BCUT2D eigenvalue weighted by Crippen LogP contribution is 2.36. The molecule has 0 saturated carbocycles. The Labute approximate surface area is 173 Å². The van der Waals surface area contributed by atoms with Gasteiger partial charge in [0.15, 0.2) is 0 Å². The van der Waals surface area contributed by atoms with Gasteiger partial charge in [0, 0.05) is 27.1 Å². The lowest BCUT2D eigenvalue weighted by molar-refractivity contribution is 0.112. The van der Waals surface area contributed by atoms with Crippen molar-refractivity contribution in [3.05, 3.63) is 113 Å². The molecule has 0 unspecified atom stereocenters. The number of hydrogen-bond donors (Lipinski definition) is 0. The molecule has 0 heterocycles. The lowest BCUT2D eigenvalue weighted by Gasteiger charge is -2.25. The van der Waals surface area contributed by atoms with Gasteiger partial charge in [-0.3, -0.25) is 4.79 Å². The Morgan fingerprint density at radius 1 is 0.571 bits per heavy atom. The fraction of sp³-hybridized carbons (Fsp3) is 0. The number of aldehydes is 1. The van der Waals surface area contributed by atoms with Crippen LogP contribution in [0.1, 0.15) is 10.4 Å². The van der Waals surface area contributed by atoms with E-state index in [9.17, 15) is 4.79 Å². The maximum Gasteiger partial charge on any atom is 0.150 e. The van der Waals surface area contributed by atoms with Crippen molar-refractivity contribution in [1.29, 1.82) is 0 Å². The molecule has 0 spiro atoms. The van der Waals surface area contributed by atoms with E-state index in [1.807, 2.05) is 54.6 Å². The van der Waals surface area contributed by atoms with Crippen LogP contribution in [-0.2, 0) is 0 Å². The number of anilines is 3.